The number of esters is 1. The van der Waals surface area contributed by atoms with Crippen molar-refractivity contribution in [1.29, 1.82) is 0 Å². The van der Waals surface area contributed by atoms with Gasteiger partial charge >= 0.3 is 5.97 Å². The number of hydrogen-bond donors (Lipinski definition) is 1. The average molecular weight is 539 g/mol. The molecule has 0 bridgehead atoms. The van der Waals surface area contributed by atoms with Gasteiger partial charge in [0.15, 0.2) is 12.4 Å². The number of Topliss-reactive ketones (excluding diaryl/α,β-unsaturated/α-hetero) is 1. The fourth-order valence-electron chi connectivity index (χ4n) is 4.28. The molecule has 0 spiro atoms. The number of allylic oxidation sites excluding steroid dienone is 1. The van der Waals surface area contributed by atoms with Crippen molar-refractivity contribution >= 4 is 45.2 Å². The Hall–Kier alpha value is -3.10. The van der Waals surface area contributed by atoms with E-state index in [2.05, 4.69) is 27.3 Å². The standard InChI is InChI=1S/C27H27BrN2O5/c28-21-10-6-19(7-11-21)24(31)17-35-27(34)20-8-12-22(13-9-20)30-25(32)16-23(26(30)33)29-15-14-18-4-2-1-3-5-18/h4,6-13,23,29H,1-3,5,14-17H2. The second kappa shape index (κ2) is 11.6. The molecule has 0 aromatic heterocycles. The molecular weight excluding hydrogens is 512 g/mol. The summed E-state index contributed by atoms with van der Waals surface area (Å²) in [4.78, 5) is 51.1. The molecule has 4 rings (SSSR count). The van der Waals surface area contributed by atoms with Crippen LogP contribution in [0.3, 0.4) is 0 Å². The van der Waals surface area contributed by atoms with E-state index in [4.69, 9.17) is 4.74 Å². The minimum Gasteiger partial charge on any atom is -0.454 e. The van der Waals surface area contributed by atoms with E-state index < -0.39 is 12.0 Å². The second-order valence-electron chi connectivity index (χ2n) is 8.69. The van der Waals surface area contributed by atoms with E-state index in [-0.39, 0.29) is 36.2 Å². The number of rotatable bonds is 9. The number of carbonyl (C=O) groups is 4. The molecule has 1 N–H and O–H groups in total. The van der Waals surface area contributed by atoms with E-state index in [0.717, 1.165) is 28.6 Å². The third-order valence-electron chi connectivity index (χ3n) is 6.23. The Morgan fingerprint density at radius 1 is 1.00 bits per heavy atom. The van der Waals surface area contributed by atoms with E-state index in [9.17, 15) is 19.2 Å². The molecule has 8 heteroatoms. The van der Waals surface area contributed by atoms with E-state index in [1.165, 1.54) is 42.7 Å². The summed E-state index contributed by atoms with van der Waals surface area (Å²) in [6.45, 7) is 0.280. The van der Waals surface area contributed by atoms with Crippen LogP contribution in [0.5, 0.6) is 0 Å². The lowest BCUT2D eigenvalue weighted by atomic mass is 9.97. The molecule has 2 aromatic carbocycles. The number of anilines is 1. The zero-order chi connectivity index (χ0) is 24.8. The zero-order valence-electron chi connectivity index (χ0n) is 19.3. The first-order valence-corrected chi connectivity index (χ1v) is 12.6. The van der Waals surface area contributed by atoms with Crippen molar-refractivity contribution in [1.82, 2.24) is 5.32 Å². The fraction of sp³-hybridized carbons (Fsp3) is 0.333. The van der Waals surface area contributed by atoms with Crippen LogP contribution in [0.2, 0.25) is 0 Å². The van der Waals surface area contributed by atoms with Crippen molar-refractivity contribution in [3.05, 3.63) is 75.8 Å². The van der Waals surface area contributed by atoms with Crippen molar-refractivity contribution in [3.8, 4) is 0 Å². The van der Waals surface area contributed by atoms with Gasteiger partial charge in [-0.2, -0.15) is 0 Å². The maximum absolute atomic E-state index is 12.8. The molecule has 2 aliphatic rings. The number of carbonyl (C=O) groups excluding carboxylic acids is 4. The quantitative estimate of drug-likeness (QED) is 0.217. The molecule has 2 aromatic rings. The molecule has 1 saturated heterocycles. The number of hydrogen-bond acceptors (Lipinski definition) is 6. The summed E-state index contributed by atoms with van der Waals surface area (Å²) in [5, 5.41) is 3.22. The van der Waals surface area contributed by atoms with E-state index in [0.29, 0.717) is 17.8 Å². The maximum atomic E-state index is 12.8. The molecule has 35 heavy (non-hydrogen) atoms. The SMILES string of the molecule is O=C(COC(=O)c1ccc(N2C(=O)CC(NCCC3=CCCCC3)C2=O)cc1)c1ccc(Br)cc1. The number of benzene rings is 2. The summed E-state index contributed by atoms with van der Waals surface area (Å²) >= 11 is 3.31. The molecule has 0 radical (unpaired) electrons. The van der Waals surface area contributed by atoms with E-state index >= 15 is 0 Å². The highest BCUT2D eigenvalue weighted by atomic mass is 79.9. The monoisotopic (exact) mass is 538 g/mol. The second-order valence-corrected chi connectivity index (χ2v) is 9.61. The number of imide groups is 1. The molecule has 7 nitrogen and oxygen atoms in total. The third-order valence-corrected chi connectivity index (χ3v) is 6.76. The predicted octanol–water partition coefficient (Wildman–Crippen LogP) is 4.60. The predicted molar refractivity (Wildman–Crippen MR) is 135 cm³/mol. The average Bonchev–Trinajstić information content (AvgIpc) is 3.16. The third kappa shape index (κ3) is 6.32. The summed E-state index contributed by atoms with van der Waals surface area (Å²) in [6, 6.07) is 12.3. The van der Waals surface area contributed by atoms with Gasteiger partial charge in [0.25, 0.3) is 5.91 Å². The van der Waals surface area contributed by atoms with Gasteiger partial charge in [0.1, 0.15) is 0 Å². The van der Waals surface area contributed by atoms with E-state index in [1.54, 1.807) is 24.3 Å². The van der Waals surface area contributed by atoms with Crippen molar-refractivity contribution in [2.75, 3.05) is 18.1 Å². The van der Waals surface area contributed by atoms with Gasteiger partial charge in [-0.05, 0) is 75.0 Å². The summed E-state index contributed by atoms with van der Waals surface area (Å²) in [5.41, 5.74) is 2.49. The highest BCUT2D eigenvalue weighted by Gasteiger charge is 2.39. The van der Waals surface area contributed by atoms with Gasteiger partial charge in [-0.15, -0.1) is 0 Å². The van der Waals surface area contributed by atoms with Crippen LogP contribution in [0.4, 0.5) is 5.69 Å². The molecule has 1 aliphatic carbocycles. The molecule has 1 fully saturated rings. The van der Waals surface area contributed by atoms with Gasteiger partial charge in [0.2, 0.25) is 5.91 Å². The van der Waals surface area contributed by atoms with Gasteiger partial charge in [-0.25, -0.2) is 9.69 Å². The fourth-order valence-corrected chi connectivity index (χ4v) is 4.55. The molecule has 1 atom stereocenters. The Bertz CT molecular complexity index is 1140. The first-order valence-electron chi connectivity index (χ1n) is 11.8. The van der Waals surface area contributed by atoms with Crippen LogP contribution in [-0.2, 0) is 14.3 Å². The highest BCUT2D eigenvalue weighted by molar-refractivity contribution is 9.10. The number of halogens is 1. The molecule has 2 amide bonds. The van der Waals surface area contributed by atoms with Crippen molar-refractivity contribution in [3.63, 3.8) is 0 Å². The first-order chi connectivity index (χ1) is 16.9. The summed E-state index contributed by atoms with van der Waals surface area (Å²) in [5.74, 6) is -1.53. The molecule has 182 valence electrons. The normalized spacial score (nSPS) is 17.9. The zero-order valence-corrected chi connectivity index (χ0v) is 20.9. The summed E-state index contributed by atoms with van der Waals surface area (Å²) < 4.78 is 5.98. The Labute approximate surface area is 212 Å². The minimum atomic E-state index is -0.655. The molecule has 0 saturated carbocycles. The molecule has 1 aliphatic heterocycles. The van der Waals surface area contributed by atoms with Crippen LogP contribution in [-0.4, -0.2) is 42.8 Å². The van der Waals surface area contributed by atoms with Crippen LogP contribution in [0, 0.1) is 0 Å². The maximum Gasteiger partial charge on any atom is 0.338 e. The van der Waals surface area contributed by atoms with Gasteiger partial charge in [0.05, 0.1) is 23.7 Å². The van der Waals surface area contributed by atoms with Crippen molar-refractivity contribution in [2.24, 2.45) is 0 Å². The largest absolute Gasteiger partial charge is 0.454 e. The Kier molecular flexibility index (Phi) is 8.25. The van der Waals surface area contributed by atoms with Crippen LogP contribution in [0.1, 0.15) is 59.2 Å². The van der Waals surface area contributed by atoms with Crippen molar-refractivity contribution in [2.45, 2.75) is 44.6 Å². The topological polar surface area (TPSA) is 92.8 Å². The van der Waals surface area contributed by atoms with Crippen LogP contribution in [0.15, 0.2) is 64.7 Å². The van der Waals surface area contributed by atoms with Crippen molar-refractivity contribution < 1.29 is 23.9 Å². The summed E-state index contributed by atoms with van der Waals surface area (Å²) in [7, 11) is 0. The van der Waals surface area contributed by atoms with Crippen LogP contribution in [0.25, 0.3) is 0 Å². The van der Waals surface area contributed by atoms with Gasteiger partial charge in [-0.3, -0.25) is 14.4 Å². The Morgan fingerprint density at radius 3 is 2.40 bits per heavy atom. The highest BCUT2D eigenvalue weighted by Crippen LogP contribution is 2.24. The summed E-state index contributed by atoms with van der Waals surface area (Å²) in [6.07, 6.45) is 7.96. The van der Waals surface area contributed by atoms with Gasteiger partial charge < -0.3 is 10.1 Å². The molecule has 1 unspecified atom stereocenters. The number of nitrogens with zero attached hydrogens (tertiary/aromatic N) is 1. The lowest BCUT2D eigenvalue weighted by Gasteiger charge is -2.17. The smallest absolute Gasteiger partial charge is 0.338 e. The minimum absolute atomic E-state index is 0.111. The van der Waals surface area contributed by atoms with Crippen LogP contribution >= 0.6 is 15.9 Å². The number of nitrogens with one attached hydrogen (secondary N) is 1. The molecular formula is C27H27BrN2O5. The lowest BCUT2D eigenvalue weighted by molar-refractivity contribution is -0.121. The van der Waals surface area contributed by atoms with Gasteiger partial charge in [0, 0.05) is 10.0 Å². The Balaban J connectivity index is 1.30. The first kappa shape index (κ1) is 25.0. The van der Waals surface area contributed by atoms with Gasteiger partial charge in [-0.1, -0.05) is 39.7 Å². The number of amides is 2. The number of ketones is 1. The van der Waals surface area contributed by atoms with Crippen LogP contribution < -0.4 is 10.2 Å². The number of ether oxygens (including phenoxy) is 1. The Morgan fingerprint density at radius 2 is 1.71 bits per heavy atom. The van der Waals surface area contributed by atoms with E-state index in [1.807, 2.05) is 0 Å². The molecule has 1 heterocycles. The lowest BCUT2D eigenvalue weighted by Crippen LogP contribution is -2.39.